The van der Waals surface area contributed by atoms with Crippen molar-refractivity contribution in [1.29, 1.82) is 0 Å². The first kappa shape index (κ1) is 27.0. The molecule has 6 aromatic rings. The van der Waals surface area contributed by atoms with Crippen LogP contribution in [0.15, 0.2) is 90.1 Å². The minimum absolute atomic E-state index is 0.0242. The van der Waals surface area contributed by atoms with Crippen molar-refractivity contribution >= 4 is 45.3 Å². The number of anilines is 1. The Hall–Kier alpha value is -5.23. The number of aromatic nitrogens is 4. The summed E-state index contributed by atoms with van der Waals surface area (Å²) < 4.78 is 61.2. The summed E-state index contributed by atoms with van der Waals surface area (Å²) in [6.45, 7) is 0. The predicted octanol–water partition coefficient (Wildman–Crippen LogP) is 7.12. The van der Waals surface area contributed by atoms with Gasteiger partial charge in [-0.25, -0.2) is 14.4 Å². The highest BCUT2D eigenvalue weighted by molar-refractivity contribution is 6.32. The van der Waals surface area contributed by atoms with Gasteiger partial charge in [0.15, 0.2) is 11.6 Å². The van der Waals surface area contributed by atoms with Crippen LogP contribution < -0.4 is 15.6 Å². The fraction of sp³-hybridized carbons (Fsp3) is 0.0345. The minimum Gasteiger partial charge on any atom is -0.453 e. The lowest BCUT2D eigenvalue weighted by Gasteiger charge is -2.15. The van der Waals surface area contributed by atoms with E-state index >= 15 is 0 Å². The standard InChI is InChI=1S/C29H16ClF4N5O3/c30-20-13-16(29(32,33)34)3-5-22(20)39-26-15(2-1-9-37-26)12-19(28(39)41)27(40)38-17-4-6-24(21(31)14-17)42-23-8-11-36-25-18(23)7-10-35-25/h1-14H,(H,35,36)(H,38,40). The summed E-state index contributed by atoms with van der Waals surface area (Å²) in [6, 6.07) is 13.9. The molecule has 0 saturated carbocycles. The second-order valence-corrected chi connectivity index (χ2v) is 9.44. The number of hydrogen-bond donors (Lipinski definition) is 2. The molecule has 8 nitrogen and oxygen atoms in total. The third-order valence-corrected chi connectivity index (χ3v) is 6.66. The van der Waals surface area contributed by atoms with E-state index < -0.39 is 29.0 Å². The zero-order chi connectivity index (χ0) is 29.6. The SMILES string of the molecule is O=C(Nc1ccc(Oc2ccnc3[nH]ccc23)c(F)c1)c1cc2cccnc2n(-c2ccc(C(F)(F)F)cc2Cl)c1=O. The molecule has 1 amide bonds. The number of nitrogens with one attached hydrogen (secondary N) is 2. The van der Waals surface area contributed by atoms with Gasteiger partial charge in [-0.05, 0) is 60.7 Å². The van der Waals surface area contributed by atoms with E-state index in [4.69, 9.17) is 16.3 Å². The van der Waals surface area contributed by atoms with Crippen LogP contribution in [-0.2, 0) is 6.18 Å². The number of carbonyl (C=O) groups excluding carboxylic acids is 1. The van der Waals surface area contributed by atoms with Gasteiger partial charge in [0, 0.05) is 35.7 Å². The van der Waals surface area contributed by atoms with Gasteiger partial charge in [0.1, 0.15) is 22.6 Å². The van der Waals surface area contributed by atoms with E-state index in [1.54, 1.807) is 30.5 Å². The maximum Gasteiger partial charge on any atom is 0.416 e. The number of pyridine rings is 3. The Bertz CT molecular complexity index is 2070. The van der Waals surface area contributed by atoms with E-state index in [-0.39, 0.29) is 33.4 Å². The summed E-state index contributed by atoms with van der Waals surface area (Å²) in [7, 11) is 0. The number of alkyl halides is 3. The van der Waals surface area contributed by atoms with Crippen LogP contribution in [0.2, 0.25) is 5.02 Å². The quantitative estimate of drug-likeness (QED) is 0.207. The molecule has 2 N–H and O–H groups in total. The maximum absolute atomic E-state index is 15.0. The minimum atomic E-state index is -4.66. The molecule has 210 valence electrons. The Balaban J connectivity index is 1.34. The van der Waals surface area contributed by atoms with Crippen LogP contribution in [0.1, 0.15) is 15.9 Å². The van der Waals surface area contributed by atoms with Gasteiger partial charge in [0.05, 0.1) is 21.7 Å². The van der Waals surface area contributed by atoms with Gasteiger partial charge in [-0.1, -0.05) is 11.6 Å². The van der Waals surface area contributed by atoms with E-state index in [0.29, 0.717) is 28.2 Å². The van der Waals surface area contributed by atoms with E-state index in [9.17, 15) is 27.2 Å². The van der Waals surface area contributed by atoms with Crippen LogP contribution in [-0.4, -0.2) is 25.4 Å². The third kappa shape index (κ3) is 4.92. The summed E-state index contributed by atoms with van der Waals surface area (Å²) in [6.07, 6.45) is -0.0979. The lowest BCUT2D eigenvalue weighted by Crippen LogP contribution is -2.29. The molecule has 0 aliphatic heterocycles. The van der Waals surface area contributed by atoms with E-state index in [1.807, 2.05) is 0 Å². The van der Waals surface area contributed by atoms with Gasteiger partial charge in [0.2, 0.25) is 0 Å². The normalized spacial score (nSPS) is 11.6. The van der Waals surface area contributed by atoms with Gasteiger partial charge >= 0.3 is 6.18 Å². The first-order valence-corrected chi connectivity index (χ1v) is 12.6. The molecule has 4 aromatic heterocycles. The van der Waals surface area contributed by atoms with Crippen LogP contribution in [0.4, 0.5) is 23.2 Å². The van der Waals surface area contributed by atoms with Crippen molar-refractivity contribution in [3.05, 3.63) is 118 Å². The molecule has 42 heavy (non-hydrogen) atoms. The van der Waals surface area contributed by atoms with Crippen molar-refractivity contribution < 1.29 is 27.1 Å². The van der Waals surface area contributed by atoms with E-state index in [2.05, 4.69) is 20.3 Å². The van der Waals surface area contributed by atoms with Crippen molar-refractivity contribution in [3.8, 4) is 17.2 Å². The Labute approximate surface area is 238 Å². The molecule has 0 unspecified atom stereocenters. The topological polar surface area (TPSA) is 102 Å². The molecule has 13 heteroatoms. The number of nitrogens with zero attached hydrogens (tertiary/aromatic N) is 3. The number of hydrogen-bond acceptors (Lipinski definition) is 5. The van der Waals surface area contributed by atoms with Gasteiger partial charge < -0.3 is 15.0 Å². The Morgan fingerprint density at radius 3 is 2.57 bits per heavy atom. The van der Waals surface area contributed by atoms with E-state index in [0.717, 1.165) is 22.8 Å². The number of ether oxygens (including phenoxy) is 1. The highest BCUT2D eigenvalue weighted by Gasteiger charge is 2.31. The molecule has 6 rings (SSSR count). The fourth-order valence-electron chi connectivity index (χ4n) is 4.40. The number of benzene rings is 2. The molecular formula is C29H16ClF4N5O3. The summed E-state index contributed by atoms with van der Waals surface area (Å²) in [5.41, 5.74) is -1.73. The highest BCUT2D eigenvalue weighted by atomic mass is 35.5. The summed E-state index contributed by atoms with van der Waals surface area (Å²) >= 11 is 6.17. The lowest BCUT2D eigenvalue weighted by atomic mass is 10.1. The van der Waals surface area contributed by atoms with Crippen molar-refractivity contribution in [3.63, 3.8) is 0 Å². The van der Waals surface area contributed by atoms with Crippen LogP contribution in [0.25, 0.3) is 27.8 Å². The van der Waals surface area contributed by atoms with Crippen molar-refractivity contribution in [2.75, 3.05) is 5.32 Å². The van der Waals surface area contributed by atoms with Gasteiger partial charge in [0.25, 0.3) is 11.5 Å². The number of carbonyl (C=O) groups is 1. The van der Waals surface area contributed by atoms with Crippen molar-refractivity contribution in [2.45, 2.75) is 6.18 Å². The highest BCUT2D eigenvalue weighted by Crippen LogP contribution is 2.34. The zero-order valence-electron chi connectivity index (χ0n) is 21.0. The fourth-order valence-corrected chi connectivity index (χ4v) is 4.66. The molecule has 0 aliphatic carbocycles. The summed E-state index contributed by atoms with van der Waals surface area (Å²) in [5.74, 6) is -1.43. The average molecular weight is 594 g/mol. The van der Waals surface area contributed by atoms with E-state index in [1.165, 1.54) is 30.6 Å². The largest absolute Gasteiger partial charge is 0.453 e. The average Bonchev–Trinajstić information content (AvgIpc) is 3.44. The first-order valence-electron chi connectivity index (χ1n) is 12.2. The number of aromatic amines is 1. The second-order valence-electron chi connectivity index (χ2n) is 9.03. The number of fused-ring (bicyclic) bond motifs is 2. The third-order valence-electron chi connectivity index (χ3n) is 6.35. The Kier molecular flexibility index (Phi) is 6.62. The first-order chi connectivity index (χ1) is 20.1. The molecule has 0 bridgehead atoms. The number of amides is 1. The van der Waals surface area contributed by atoms with Crippen LogP contribution in [0.3, 0.4) is 0 Å². The monoisotopic (exact) mass is 593 g/mol. The molecule has 0 spiro atoms. The van der Waals surface area contributed by atoms with Gasteiger partial charge in [-0.2, -0.15) is 13.2 Å². The zero-order valence-corrected chi connectivity index (χ0v) is 21.8. The molecule has 0 radical (unpaired) electrons. The number of halogens is 5. The van der Waals surface area contributed by atoms with Crippen LogP contribution >= 0.6 is 11.6 Å². The molecule has 4 heterocycles. The van der Waals surface area contributed by atoms with Gasteiger partial charge in [-0.15, -0.1) is 0 Å². The number of H-pyrrole nitrogens is 1. The Morgan fingerprint density at radius 1 is 0.976 bits per heavy atom. The molecule has 0 atom stereocenters. The van der Waals surface area contributed by atoms with Crippen LogP contribution in [0, 0.1) is 5.82 Å². The summed E-state index contributed by atoms with van der Waals surface area (Å²) in [4.78, 5) is 38.0. The molecule has 2 aromatic carbocycles. The number of rotatable bonds is 5. The van der Waals surface area contributed by atoms with Crippen LogP contribution in [0.5, 0.6) is 11.5 Å². The predicted molar refractivity (Wildman–Crippen MR) is 148 cm³/mol. The van der Waals surface area contributed by atoms with Crippen molar-refractivity contribution in [1.82, 2.24) is 19.5 Å². The van der Waals surface area contributed by atoms with Crippen molar-refractivity contribution in [2.24, 2.45) is 0 Å². The summed E-state index contributed by atoms with van der Waals surface area (Å²) in [5, 5.41) is 3.08. The second kappa shape index (κ2) is 10.3. The molecular weight excluding hydrogens is 578 g/mol. The maximum atomic E-state index is 15.0. The molecule has 0 saturated heterocycles. The van der Waals surface area contributed by atoms with Gasteiger partial charge in [-0.3, -0.25) is 14.2 Å². The molecule has 0 aliphatic rings. The Morgan fingerprint density at radius 2 is 1.81 bits per heavy atom. The smallest absolute Gasteiger partial charge is 0.416 e. The molecule has 0 fully saturated rings. The lowest BCUT2D eigenvalue weighted by molar-refractivity contribution is -0.137.